The number of carbonyl (C=O) groups is 1. The minimum absolute atomic E-state index is 0.130. The van der Waals surface area contributed by atoms with E-state index in [9.17, 15) is 13.2 Å². The number of benzene rings is 1. The molecule has 0 aliphatic carbocycles. The van der Waals surface area contributed by atoms with Gasteiger partial charge in [-0.1, -0.05) is 12.8 Å². The maximum Gasteiger partial charge on any atom is 0.243 e. The highest BCUT2D eigenvalue weighted by atomic mass is 32.2. The number of hydrogen-bond acceptors (Lipinski definition) is 5. The number of hydrogen-bond donors (Lipinski definition) is 1. The molecular formula is C19H24N2O4S2. The van der Waals surface area contributed by atoms with Crippen molar-refractivity contribution in [2.45, 2.75) is 36.3 Å². The van der Waals surface area contributed by atoms with Gasteiger partial charge < -0.3 is 9.73 Å². The number of thioether (sulfide) groups is 1. The normalized spacial score (nSPS) is 16.0. The van der Waals surface area contributed by atoms with Gasteiger partial charge in [-0.2, -0.15) is 4.31 Å². The Balaban J connectivity index is 1.53. The van der Waals surface area contributed by atoms with Gasteiger partial charge in [0.1, 0.15) is 5.76 Å². The molecule has 0 radical (unpaired) electrons. The molecule has 1 aliphatic rings. The highest BCUT2D eigenvalue weighted by Crippen LogP contribution is 2.22. The molecule has 2 aromatic rings. The molecule has 1 aromatic heterocycles. The van der Waals surface area contributed by atoms with Gasteiger partial charge in [0.15, 0.2) is 0 Å². The Kier molecular flexibility index (Phi) is 6.98. The van der Waals surface area contributed by atoms with Crippen LogP contribution in [0.25, 0.3) is 0 Å². The number of anilines is 1. The van der Waals surface area contributed by atoms with Crippen molar-refractivity contribution < 1.29 is 17.6 Å². The monoisotopic (exact) mass is 408 g/mol. The van der Waals surface area contributed by atoms with E-state index in [2.05, 4.69) is 5.32 Å². The van der Waals surface area contributed by atoms with Crippen molar-refractivity contribution in [2.24, 2.45) is 0 Å². The third-order valence-corrected chi connectivity index (χ3v) is 7.27. The number of rotatable bonds is 7. The van der Waals surface area contributed by atoms with Gasteiger partial charge in [-0.3, -0.25) is 4.79 Å². The molecule has 0 bridgehead atoms. The lowest BCUT2D eigenvalue weighted by Gasteiger charge is -2.20. The molecule has 0 atom stereocenters. The zero-order valence-electron chi connectivity index (χ0n) is 15.1. The van der Waals surface area contributed by atoms with E-state index >= 15 is 0 Å². The Morgan fingerprint density at radius 1 is 1.07 bits per heavy atom. The van der Waals surface area contributed by atoms with E-state index in [-0.39, 0.29) is 10.8 Å². The number of nitrogens with zero attached hydrogens (tertiary/aromatic N) is 1. The summed E-state index contributed by atoms with van der Waals surface area (Å²) in [6.07, 6.45) is 5.58. The molecule has 0 unspecified atom stereocenters. The molecule has 1 fully saturated rings. The van der Waals surface area contributed by atoms with Crippen LogP contribution in [-0.2, 0) is 20.6 Å². The second kappa shape index (κ2) is 9.43. The Bertz CT molecular complexity index is 825. The molecule has 1 aromatic carbocycles. The van der Waals surface area contributed by atoms with Gasteiger partial charge in [-0.25, -0.2) is 8.42 Å². The molecule has 8 heteroatoms. The lowest BCUT2D eigenvalue weighted by Crippen LogP contribution is -2.31. The van der Waals surface area contributed by atoms with Gasteiger partial charge in [-0.05, 0) is 49.2 Å². The first-order valence-electron chi connectivity index (χ1n) is 9.06. The lowest BCUT2D eigenvalue weighted by molar-refractivity contribution is -0.113. The molecule has 1 N–H and O–H groups in total. The summed E-state index contributed by atoms with van der Waals surface area (Å²) in [7, 11) is -3.46. The summed E-state index contributed by atoms with van der Waals surface area (Å²) in [5, 5.41) is 2.79. The highest BCUT2D eigenvalue weighted by Gasteiger charge is 2.24. The summed E-state index contributed by atoms with van der Waals surface area (Å²) in [4.78, 5) is 12.3. The van der Waals surface area contributed by atoms with E-state index < -0.39 is 10.0 Å². The molecule has 146 valence electrons. The molecule has 1 saturated heterocycles. The predicted molar refractivity (Wildman–Crippen MR) is 107 cm³/mol. The number of carbonyl (C=O) groups excluding carboxylic acids is 1. The van der Waals surface area contributed by atoms with Gasteiger partial charge in [0, 0.05) is 18.8 Å². The minimum atomic E-state index is -3.46. The van der Waals surface area contributed by atoms with Crippen LogP contribution in [0.4, 0.5) is 5.69 Å². The molecule has 6 nitrogen and oxygen atoms in total. The number of sulfonamides is 1. The van der Waals surface area contributed by atoms with E-state index in [1.807, 2.05) is 12.1 Å². The molecule has 0 spiro atoms. The lowest BCUT2D eigenvalue weighted by atomic mass is 10.2. The smallest absolute Gasteiger partial charge is 0.243 e. The molecule has 27 heavy (non-hydrogen) atoms. The Morgan fingerprint density at radius 2 is 1.78 bits per heavy atom. The zero-order valence-corrected chi connectivity index (χ0v) is 16.7. The van der Waals surface area contributed by atoms with Crippen LogP contribution in [0.1, 0.15) is 31.4 Å². The average Bonchev–Trinajstić information content (AvgIpc) is 3.01. The first-order chi connectivity index (χ1) is 13.1. The van der Waals surface area contributed by atoms with Crippen LogP contribution in [0, 0.1) is 0 Å². The van der Waals surface area contributed by atoms with E-state index in [1.165, 1.54) is 11.8 Å². The molecular weight excluding hydrogens is 384 g/mol. The van der Waals surface area contributed by atoms with E-state index in [0.29, 0.717) is 30.3 Å². The topological polar surface area (TPSA) is 79.6 Å². The van der Waals surface area contributed by atoms with Crippen LogP contribution in [0.3, 0.4) is 0 Å². The van der Waals surface area contributed by atoms with Gasteiger partial charge >= 0.3 is 0 Å². The molecule has 1 amide bonds. The quantitative estimate of drug-likeness (QED) is 0.755. The third kappa shape index (κ3) is 5.60. The summed E-state index contributed by atoms with van der Waals surface area (Å²) in [6, 6.07) is 10.1. The number of amides is 1. The van der Waals surface area contributed by atoms with E-state index in [0.717, 1.165) is 31.4 Å². The van der Waals surface area contributed by atoms with Crippen molar-refractivity contribution in [1.82, 2.24) is 4.31 Å². The summed E-state index contributed by atoms with van der Waals surface area (Å²) >= 11 is 1.46. The van der Waals surface area contributed by atoms with Crippen LogP contribution in [-0.4, -0.2) is 37.5 Å². The van der Waals surface area contributed by atoms with Crippen molar-refractivity contribution in [2.75, 3.05) is 24.2 Å². The second-order valence-electron chi connectivity index (χ2n) is 6.46. The minimum Gasteiger partial charge on any atom is -0.468 e. The van der Waals surface area contributed by atoms with Crippen molar-refractivity contribution in [3.63, 3.8) is 0 Å². The summed E-state index contributed by atoms with van der Waals surface area (Å²) in [6.45, 7) is 1.15. The van der Waals surface area contributed by atoms with Crippen molar-refractivity contribution in [3.8, 4) is 0 Å². The SMILES string of the molecule is O=C(CSCc1ccco1)Nc1ccc(S(=O)(=O)N2CCCCCC2)cc1. The van der Waals surface area contributed by atoms with Gasteiger partial charge in [-0.15, -0.1) is 11.8 Å². The first kappa shape index (κ1) is 20.0. The zero-order chi connectivity index (χ0) is 19.1. The molecule has 3 rings (SSSR count). The molecule has 1 aliphatic heterocycles. The maximum absolute atomic E-state index is 12.8. The van der Waals surface area contributed by atoms with Crippen molar-refractivity contribution >= 4 is 33.4 Å². The summed E-state index contributed by atoms with van der Waals surface area (Å²) in [5.41, 5.74) is 0.591. The van der Waals surface area contributed by atoms with Crippen molar-refractivity contribution in [3.05, 3.63) is 48.4 Å². The number of furan rings is 1. The fourth-order valence-electron chi connectivity index (χ4n) is 2.98. The Hall–Kier alpha value is -1.77. The average molecular weight is 409 g/mol. The van der Waals surface area contributed by atoms with Crippen LogP contribution in [0.5, 0.6) is 0 Å². The van der Waals surface area contributed by atoms with Crippen molar-refractivity contribution in [1.29, 1.82) is 0 Å². The fraction of sp³-hybridized carbons (Fsp3) is 0.421. The first-order valence-corrected chi connectivity index (χ1v) is 11.7. The van der Waals surface area contributed by atoms with Gasteiger partial charge in [0.2, 0.25) is 15.9 Å². The summed E-state index contributed by atoms with van der Waals surface area (Å²) < 4.78 is 32.3. The number of nitrogens with one attached hydrogen (secondary N) is 1. The largest absolute Gasteiger partial charge is 0.468 e. The Morgan fingerprint density at radius 3 is 2.41 bits per heavy atom. The van der Waals surface area contributed by atoms with Gasteiger partial charge in [0.05, 0.1) is 22.7 Å². The van der Waals surface area contributed by atoms with Crippen LogP contribution < -0.4 is 5.32 Å². The predicted octanol–water partition coefficient (Wildman–Crippen LogP) is 3.72. The van der Waals surface area contributed by atoms with Crippen LogP contribution in [0.15, 0.2) is 52.0 Å². The Labute approximate surface area is 164 Å². The molecule has 2 heterocycles. The molecule has 0 saturated carbocycles. The standard InChI is InChI=1S/C19H24N2O4S2/c22-19(15-26-14-17-6-5-13-25-17)20-16-7-9-18(10-8-16)27(23,24)21-11-3-1-2-4-12-21/h5-10,13H,1-4,11-12,14-15H2,(H,20,22). The maximum atomic E-state index is 12.8. The second-order valence-corrected chi connectivity index (χ2v) is 9.39. The highest BCUT2D eigenvalue weighted by molar-refractivity contribution is 7.99. The van der Waals surface area contributed by atoms with E-state index in [4.69, 9.17) is 4.42 Å². The third-order valence-electron chi connectivity index (χ3n) is 4.40. The summed E-state index contributed by atoms with van der Waals surface area (Å²) in [5.74, 6) is 1.63. The van der Waals surface area contributed by atoms with Crippen LogP contribution >= 0.6 is 11.8 Å². The van der Waals surface area contributed by atoms with Gasteiger partial charge in [0.25, 0.3) is 0 Å². The van der Waals surface area contributed by atoms with Crippen LogP contribution in [0.2, 0.25) is 0 Å². The van der Waals surface area contributed by atoms with E-state index in [1.54, 1.807) is 34.8 Å². The fourth-order valence-corrected chi connectivity index (χ4v) is 5.22.